The van der Waals surface area contributed by atoms with Gasteiger partial charge in [-0.25, -0.2) is 13.2 Å². The average molecular weight is 742 g/mol. The van der Waals surface area contributed by atoms with Crippen molar-refractivity contribution in [2.75, 3.05) is 23.9 Å². The smallest absolute Gasteiger partial charge is 0.310 e. The van der Waals surface area contributed by atoms with E-state index in [0.29, 0.717) is 11.9 Å². The van der Waals surface area contributed by atoms with Crippen LogP contribution in [0, 0.1) is 15.2 Å². The maximum absolute atomic E-state index is 15.5. The number of benzene rings is 3. The van der Waals surface area contributed by atoms with Crippen LogP contribution in [-0.2, 0) is 11.8 Å². The molecule has 4 nitrogen and oxygen atoms in total. The van der Waals surface area contributed by atoms with Crippen LogP contribution in [0.1, 0.15) is 31.8 Å². The number of hydrogen-bond donors (Lipinski definition) is 0. The Morgan fingerprint density at radius 3 is 1.79 bits per heavy atom. The molecule has 0 aliphatic carbocycles. The second kappa shape index (κ2) is 11.5. The first kappa shape index (κ1) is 34.0. The number of halogens is 13. The Kier molecular flexibility index (Phi) is 9.11. The van der Waals surface area contributed by atoms with Gasteiger partial charge in [-0.2, -0.15) is 39.5 Å². The summed E-state index contributed by atoms with van der Waals surface area (Å²) in [6.45, 7) is 0. The lowest BCUT2D eigenvalue weighted by atomic mass is 9.91. The Bertz CT molecular complexity index is 1550. The second-order valence-electron chi connectivity index (χ2n) is 8.88. The fourth-order valence-corrected chi connectivity index (χ4v) is 4.98. The van der Waals surface area contributed by atoms with Crippen LogP contribution in [0.5, 0.6) is 0 Å². The molecule has 0 aliphatic heterocycles. The molecule has 0 saturated heterocycles. The number of anilines is 2. The number of carbonyl (C=O) groups is 2. The molecule has 0 spiro atoms. The summed E-state index contributed by atoms with van der Waals surface area (Å²) in [6.07, 6.45) is -19.2. The van der Waals surface area contributed by atoms with E-state index in [-0.39, 0.29) is 16.5 Å². The normalized spacial score (nSPS) is 12.7. The molecule has 3 aromatic rings. The van der Waals surface area contributed by atoms with E-state index in [2.05, 4.69) is 0 Å². The quantitative estimate of drug-likeness (QED) is 0.195. The van der Waals surface area contributed by atoms with Gasteiger partial charge in [-0.3, -0.25) is 9.59 Å². The lowest BCUT2D eigenvalue weighted by molar-refractivity contribution is -0.348. The standard InChI is InChI=1S/C26H15F12IN2O2/c1-40(21(42)12-5-3-6-14(27)9-12)18-8-4-7-15(19(18)28)22(43)41(2)20-16(24(30,31)32)10-13(11-17(20)39)23(29,25(33,34)35)26(36,37)38/h3-11H,1-2H3. The second-order valence-corrected chi connectivity index (χ2v) is 10.0. The monoisotopic (exact) mass is 742 g/mol. The average Bonchev–Trinajstić information content (AvgIpc) is 2.88. The molecular weight excluding hydrogens is 727 g/mol. The van der Waals surface area contributed by atoms with Gasteiger partial charge in [0.2, 0.25) is 0 Å². The summed E-state index contributed by atoms with van der Waals surface area (Å²) in [5.74, 6) is -4.78. The van der Waals surface area contributed by atoms with Crippen molar-refractivity contribution in [2.45, 2.75) is 24.2 Å². The number of amides is 2. The molecule has 17 heteroatoms. The van der Waals surface area contributed by atoms with Crippen molar-refractivity contribution in [3.05, 3.63) is 92.1 Å². The minimum absolute atomic E-state index is 0.103. The predicted octanol–water partition coefficient (Wildman–Crippen LogP) is 8.43. The summed E-state index contributed by atoms with van der Waals surface area (Å²) in [4.78, 5) is 26.7. The lowest BCUT2D eigenvalue weighted by Crippen LogP contribution is -2.50. The van der Waals surface area contributed by atoms with Gasteiger partial charge in [0.05, 0.1) is 22.5 Å². The molecule has 2 amide bonds. The summed E-state index contributed by atoms with van der Waals surface area (Å²) in [5, 5.41) is 0. The van der Waals surface area contributed by atoms with Gasteiger partial charge in [-0.05, 0) is 65.1 Å². The Morgan fingerprint density at radius 2 is 1.28 bits per heavy atom. The molecule has 0 radical (unpaired) electrons. The molecular formula is C26H15F12IN2O2. The molecule has 0 unspecified atom stereocenters. The van der Waals surface area contributed by atoms with Crippen LogP contribution in [0.2, 0.25) is 0 Å². The maximum Gasteiger partial charge on any atom is 0.435 e. The molecule has 0 bridgehead atoms. The van der Waals surface area contributed by atoms with Crippen molar-refractivity contribution in [3.63, 3.8) is 0 Å². The lowest BCUT2D eigenvalue weighted by Gasteiger charge is -2.32. The van der Waals surface area contributed by atoms with Crippen molar-refractivity contribution < 1.29 is 62.3 Å². The van der Waals surface area contributed by atoms with Gasteiger partial charge in [0.1, 0.15) is 5.82 Å². The van der Waals surface area contributed by atoms with Crippen molar-refractivity contribution >= 4 is 45.8 Å². The third kappa shape index (κ3) is 6.26. The maximum atomic E-state index is 15.5. The number of rotatable bonds is 5. The number of nitrogens with zero attached hydrogens (tertiary/aromatic N) is 2. The molecule has 232 valence electrons. The predicted molar refractivity (Wildman–Crippen MR) is 137 cm³/mol. The highest BCUT2D eigenvalue weighted by atomic mass is 127. The summed E-state index contributed by atoms with van der Waals surface area (Å²) >= 11 is 0.887. The van der Waals surface area contributed by atoms with E-state index in [0.717, 1.165) is 60.0 Å². The molecule has 3 aromatic carbocycles. The first-order valence-corrected chi connectivity index (χ1v) is 12.5. The molecule has 3 rings (SSSR count). The van der Waals surface area contributed by atoms with Gasteiger partial charge in [-0.1, -0.05) is 12.1 Å². The van der Waals surface area contributed by atoms with Crippen molar-refractivity contribution in [1.29, 1.82) is 0 Å². The highest BCUT2D eigenvalue weighted by Crippen LogP contribution is 2.55. The zero-order valence-electron chi connectivity index (χ0n) is 21.3. The fraction of sp³-hybridized carbons (Fsp3) is 0.231. The number of carbonyl (C=O) groups excluding carboxylic acids is 2. The molecule has 43 heavy (non-hydrogen) atoms. The molecule has 0 N–H and O–H groups in total. The van der Waals surface area contributed by atoms with Gasteiger partial charge >= 0.3 is 24.2 Å². The Morgan fingerprint density at radius 1 is 0.721 bits per heavy atom. The van der Waals surface area contributed by atoms with Crippen molar-refractivity contribution in [3.8, 4) is 0 Å². The van der Waals surface area contributed by atoms with Crippen LogP contribution in [0.4, 0.5) is 64.1 Å². The molecule has 0 aliphatic rings. The van der Waals surface area contributed by atoms with Crippen LogP contribution in [0.3, 0.4) is 0 Å². The zero-order chi connectivity index (χ0) is 32.9. The summed E-state index contributed by atoms with van der Waals surface area (Å²) in [5.41, 5.74) is -14.0. The van der Waals surface area contributed by atoms with Gasteiger partial charge in [-0.15, -0.1) is 0 Å². The SMILES string of the molecule is CN(C(=O)c1cccc(F)c1)c1cccc(C(=O)N(C)c2c(I)cc(C(F)(C(F)(F)F)C(F)(F)F)cc2C(F)(F)F)c1F. The van der Waals surface area contributed by atoms with E-state index in [1.165, 1.54) is 12.1 Å². The van der Waals surface area contributed by atoms with Crippen LogP contribution in [0.25, 0.3) is 0 Å². The zero-order valence-corrected chi connectivity index (χ0v) is 23.5. The van der Waals surface area contributed by atoms with Crippen LogP contribution in [0.15, 0.2) is 54.6 Å². The van der Waals surface area contributed by atoms with E-state index < -0.39 is 85.3 Å². The summed E-state index contributed by atoms with van der Waals surface area (Å²) < 4.78 is 164. The highest BCUT2D eigenvalue weighted by Gasteiger charge is 2.73. The number of alkyl halides is 10. The minimum atomic E-state index is -6.72. The minimum Gasteiger partial charge on any atom is -0.310 e. The van der Waals surface area contributed by atoms with Crippen LogP contribution >= 0.6 is 22.6 Å². The van der Waals surface area contributed by atoms with E-state index in [1.54, 1.807) is 0 Å². The van der Waals surface area contributed by atoms with E-state index in [9.17, 15) is 57.9 Å². The molecule has 0 saturated carbocycles. The van der Waals surface area contributed by atoms with E-state index in [4.69, 9.17) is 0 Å². The van der Waals surface area contributed by atoms with Crippen molar-refractivity contribution in [1.82, 2.24) is 0 Å². The molecule has 0 aromatic heterocycles. The topological polar surface area (TPSA) is 40.6 Å². The largest absolute Gasteiger partial charge is 0.435 e. The Labute approximate surface area is 248 Å². The fourth-order valence-electron chi connectivity index (χ4n) is 3.99. The third-order valence-electron chi connectivity index (χ3n) is 6.13. The Balaban J connectivity index is 2.14. The summed E-state index contributed by atoms with van der Waals surface area (Å²) in [7, 11) is 1.66. The van der Waals surface area contributed by atoms with E-state index >= 15 is 4.39 Å². The Hall–Kier alpha value is -3.51. The summed E-state index contributed by atoms with van der Waals surface area (Å²) in [6, 6.07) is 6.15. The number of hydrogen-bond acceptors (Lipinski definition) is 2. The first-order chi connectivity index (χ1) is 19.5. The van der Waals surface area contributed by atoms with Crippen LogP contribution in [-0.4, -0.2) is 38.3 Å². The third-order valence-corrected chi connectivity index (χ3v) is 6.96. The first-order valence-electron chi connectivity index (χ1n) is 11.4. The van der Waals surface area contributed by atoms with Gasteiger partial charge in [0, 0.05) is 28.8 Å². The van der Waals surface area contributed by atoms with Crippen molar-refractivity contribution in [2.24, 2.45) is 0 Å². The van der Waals surface area contributed by atoms with Gasteiger partial charge < -0.3 is 9.80 Å². The van der Waals surface area contributed by atoms with E-state index in [1.807, 2.05) is 0 Å². The molecule has 0 heterocycles. The van der Waals surface area contributed by atoms with Gasteiger partial charge in [0.15, 0.2) is 5.82 Å². The highest BCUT2D eigenvalue weighted by molar-refractivity contribution is 14.1. The molecule has 0 fully saturated rings. The van der Waals surface area contributed by atoms with Gasteiger partial charge in [0.25, 0.3) is 11.8 Å². The van der Waals surface area contributed by atoms with Crippen LogP contribution < -0.4 is 9.80 Å². The molecule has 0 atom stereocenters.